The lowest BCUT2D eigenvalue weighted by Gasteiger charge is -2.19. The van der Waals surface area contributed by atoms with Gasteiger partial charge in [-0.1, -0.05) is 39.7 Å². The largest absolute Gasteiger partial charge is 0.444 e. The molecule has 4 nitrogen and oxygen atoms in total. The number of halogens is 2. The van der Waals surface area contributed by atoms with Crippen LogP contribution in [0.2, 0.25) is 5.02 Å². The summed E-state index contributed by atoms with van der Waals surface area (Å²) in [7, 11) is 0. The Morgan fingerprint density at radius 2 is 2.00 bits per heavy atom. The minimum Gasteiger partial charge on any atom is -0.444 e. The van der Waals surface area contributed by atoms with Gasteiger partial charge in [-0.15, -0.1) is 0 Å². The van der Waals surface area contributed by atoms with Crippen molar-refractivity contribution < 1.29 is 9.53 Å². The fraction of sp³-hybridized carbons (Fsp3) is 0.438. The molecule has 0 fully saturated rings. The molecule has 0 aliphatic heterocycles. The normalized spacial score (nSPS) is 11.7. The van der Waals surface area contributed by atoms with Gasteiger partial charge < -0.3 is 15.4 Å². The lowest BCUT2D eigenvalue weighted by atomic mass is 10.2. The lowest BCUT2D eigenvalue weighted by molar-refractivity contribution is 0.0534. The Morgan fingerprint density at radius 3 is 2.68 bits per heavy atom. The molecule has 1 aromatic rings. The summed E-state index contributed by atoms with van der Waals surface area (Å²) in [6.45, 7) is 7.31. The Kier molecular flexibility index (Phi) is 7.93. The molecule has 0 atom stereocenters. The van der Waals surface area contributed by atoms with E-state index in [4.69, 9.17) is 16.3 Å². The maximum absolute atomic E-state index is 11.4. The molecule has 0 aromatic heterocycles. The van der Waals surface area contributed by atoms with Crippen LogP contribution in [0.5, 0.6) is 0 Å². The number of ether oxygens (including phenoxy) is 1. The molecular formula is C16H22BrClN2O2. The monoisotopic (exact) mass is 388 g/mol. The van der Waals surface area contributed by atoms with Crippen molar-refractivity contribution in [3.63, 3.8) is 0 Å². The number of rotatable bonds is 6. The van der Waals surface area contributed by atoms with Crippen LogP contribution in [-0.2, 0) is 11.3 Å². The Hall–Kier alpha value is -1.04. The molecule has 6 heteroatoms. The molecule has 122 valence electrons. The van der Waals surface area contributed by atoms with E-state index in [1.165, 1.54) is 0 Å². The van der Waals surface area contributed by atoms with Crippen molar-refractivity contribution in [2.75, 3.05) is 13.1 Å². The summed E-state index contributed by atoms with van der Waals surface area (Å²) < 4.78 is 6.13. The van der Waals surface area contributed by atoms with Crippen LogP contribution in [0, 0.1) is 0 Å². The summed E-state index contributed by atoms with van der Waals surface area (Å²) in [5.41, 5.74) is 0.565. The second kappa shape index (κ2) is 9.18. The third-order valence-corrected chi connectivity index (χ3v) is 3.38. The van der Waals surface area contributed by atoms with Gasteiger partial charge in [0.25, 0.3) is 0 Å². The minimum atomic E-state index is -0.474. The van der Waals surface area contributed by atoms with Crippen LogP contribution in [0.1, 0.15) is 26.3 Å². The number of carbonyl (C=O) groups excluding carboxylic acids is 1. The number of nitrogens with one attached hydrogen (secondary N) is 2. The number of carbonyl (C=O) groups is 1. The Morgan fingerprint density at radius 1 is 1.32 bits per heavy atom. The molecule has 0 aliphatic carbocycles. The van der Waals surface area contributed by atoms with E-state index in [1.54, 1.807) is 0 Å². The van der Waals surface area contributed by atoms with Crippen molar-refractivity contribution >= 4 is 33.6 Å². The van der Waals surface area contributed by atoms with E-state index in [9.17, 15) is 4.79 Å². The van der Waals surface area contributed by atoms with Gasteiger partial charge in [-0.3, -0.25) is 0 Å². The average molecular weight is 390 g/mol. The van der Waals surface area contributed by atoms with Crippen LogP contribution < -0.4 is 10.6 Å². The Labute approximate surface area is 145 Å². The van der Waals surface area contributed by atoms with Crippen molar-refractivity contribution in [1.82, 2.24) is 10.6 Å². The topological polar surface area (TPSA) is 50.4 Å². The van der Waals surface area contributed by atoms with Crippen LogP contribution in [0.15, 0.2) is 34.8 Å². The van der Waals surface area contributed by atoms with Gasteiger partial charge in [0, 0.05) is 29.1 Å². The summed E-state index contributed by atoms with van der Waals surface area (Å²) in [4.78, 5) is 11.4. The molecule has 0 unspecified atom stereocenters. The molecule has 0 heterocycles. The first kappa shape index (κ1) is 19.0. The van der Waals surface area contributed by atoms with Crippen LogP contribution >= 0.6 is 27.5 Å². The molecule has 0 spiro atoms. The number of benzene rings is 1. The second-order valence-corrected chi connectivity index (χ2v) is 7.04. The molecule has 22 heavy (non-hydrogen) atoms. The summed E-state index contributed by atoms with van der Waals surface area (Å²) in [6, 6.07) is 5.76. The molecule has 1 rings (SSSR count). The van der Waals surface area contributed by atoms with Crippen LogP contribution in [0.3, 0.4) is 0 Å². The van der Waals surface area contributed by atoms with Gasteiger partial charge in [-0.2, -0.15) is 0 Å². The van der Waals surface area contributed by atoms with E-state index in [0.29, 0.717) is 19.6 Å². The molecule has 0 saturated carbocycles. The number of alkyl carbamates (subject to hydrolysis) is 1. The van der Waals surface area contributed by atoms with Gasteiger partial charge in [-0.05, 0) is 44.5 Å². The predicted octanol–water partition coefficient (Wildman–Crippen LogP) is 4.27. The molecule has 0 bridgehead atoms. The first-order chi connectivity index (χ1) is 10.3. The van der Waals surface area contributed by atoms with Gasteiger partial charge in [0.2, 0.25) is 0 Å². The van der Waals surface area contributed by atoms with Crippen molar-refractivity contribution in [2.45, 2.75) is 32.9 Å². The van der Waals surface area contributed by atoms with E-state index in [-0.39, 0.29) is 0 Å². The fourth-order valence-electron chi connectivity index (χ4n) is 1.59. The van der Waals surface area contributed by atoms with Gasteiger partial charge in [-0.25, -0.2) is 4.79 Å². The van der Waals surface area contributed by atoms with E-state index in [0.717, 1.165) is 15.1 Å². The summed E-state index contributed by atoms with van der Waals surface area (Å²) in [5, 5.41) is 6.66. The smallest absolute Gasteiger partial charge is 0.407 e. The van der Waals surface area contributed by atoms with Gasteiger partial charge in [0.1, 0.15) is 5.60 Å². The highest BCUT2D eigenvalue weighted by atomic mass is 79.9. The standard InChI is InChI=1S/C16H22BrClN2O2/c1-16(2,3)22-15(21)20-9-5-4-8-19-11-12-10-13(17)6-7-14(12)18/h4-7,10,19H,8-9,11H2,1-3H3,(H,20,21)/b5-4+. The highest BCUT2D eigenvalue weighted by Gasteiger charge is 2.14. The fourth-order valence-corrected chi connectivity index (χ4v) is 2.18. The molecule has 1 aromatic carbocycles. The third kappa shape index (κ3) is 8.41. The van der Waals surface area contributed by atoms with Crippen molar-refractivity contribution in [2.24, 2.45) is 0 Å². The predicted molar refractivity (Wildman–Crippen MR) is 94.2 cm³/mol. The average Bonchev–Trinajstić information content (AvgIpc) is 2.39. The van der Waals surface area contributed by atoms with Crippen LogP contribution in [-0.4, -0.2) is 24.8 Å². The Bertz CT molecular complexity index is 527. The zero-order chi connectivity index (χ0) is 16.6. The molecule has 0 saturated heterocycles. The molecular weight excluding hydrogens is 368 g/mol. The summed E-state index contributed by atoms with van der Waals surface area (Å²) >= 11 is 9.53. The third-order valence-electron chi connectivity index (χ3n) is 2.52. The molecule has 0 radical (unpaired) electrons. The summed E-state index contributed by atoms with van der Waals surface area (Å²) in [6.07, 6.45) is 3.41. The van der Waals surface area contributed by atoms with Crippen molar-refractivity contribution in [3.05, 3.63) is 45.4 Å². The first-order valence-corrected chi connectivity index (χ1v) is 8.21. The van der Waals surface area contributed by atoms with Crippen LogP contribution in [0.4, 0.5) is 4.79 Å². The number of hydrogen-bond acceptors (Lipinski definition) is 3. The highest BCUT2D eigenvalue weighted by molar-refractivity contribution is 9.10. The second-order valence-electron chi connectivity index (χ2n) is 5.72. The van der Waals surface area contributed by atoms with Gasteiger partial charge in [0.05, 0.1) is 0 Å². The molecule has 2 N–H and O–H groups in total. The maximum Gasteiger partial charge on any atom is 0.407 e. The molecule has 0 aliphatic rings. The van der Waals surface area contributed by atoms with Crippen LogP contribution in [0.25, 0.3) is 0 Å². The SMILES string of the molecule is CC(C)(C)OC(=O)NC/C=C/CNCc1cc(Br)ccc1Cl. The number of hydrogen-bond donors (Lipinski definition) is 2. The van der Waals surface area contributed by atoms with E-state index >= 15 is 0 Å². The quantitative estimate of drug-likeness (QED) is 0.564. The lowest BCUT2D eigenvalue weighted by Crippen LogP contribution is -2.32. The first-order valence-electron chi connectivity index (χ1n) is 7.04. The summed E-state index contributed by atoms with van der Waals surface area (Å²) in [5.74, 6) is 0. The Balaban J connectivity index is 2.19. The number of amides is 1. The zero-order valence-corrected chi connectivity index (χ0v) is 15.4. The van der Waals surface area contributed by atoms with Gasteiger partial charge in [0.15, 0.2) is 0 Å². The van der Waals surface area contributed by atoms with E-state index in [2.05, 4.69) is 26.6 Å². The van der Waals surface area contributed by atoms with Gasteiger partial charge >= 0.3 is 6.09 Å². The maximum atomic E-state index is 11.4. The molecule has 1 amide bonds. The highest BCUT2D eigenvalue weighted by Crippen LogP contribution is 2.20. The van der Waals surface area contributed by atoms with Crippen molar-refractivity contribution in [3.8, 4) is 0 Å². The zero-order valence-electron chi connectivity index (χ0n) is 13.1. The minimum absolute atomic E-state index is 0.411. The van der Waals surface area contributed by atoms with E-state index < -0.39 is 11.7 Å². The van der Waals surface area contributed by atoms with E-state index in [1.807, 2.05) is 51.1 Å². The van der Waals surface area contributed by atoms with Crippen molar-refractivity contribution in [1.29, 1.82) is 0 Å².